The van der Waals surface area contributed by atoms with Crippen molar-refractivity contribution in [3.8, 4) is 40.2 Å². The van der Waals surface area contributed by atoms with Crippen LogP contribution < -0.4 is 9.47 Å². The Hall–Kier alpha value is -3.87. The van der Waals surface area contributed by atoms with E-state index in [2.05, 4.69) is 0 Å². The van der Waals surface area contributed by atoms with E-state index < -0.39 is 17.5 Å². The van der Waals surface area contributed by atoms with Crippen LogP contribution >= 0.6 is 0 Å². The summed E-state index contributed by atoms with van der Waals surface area (Å²) in [4.78, 5) is 13.2. The van der Waals surface area contributed by atoms with Gasteiger partial charge in [0.05, 0.1) is 0 Å². The Bertz CT molecular complexity index is 1270. The van der Waals surface area contributed by atoms with Gasteiger partial charge in [0.1, 0.15) is 17.1 Å². The van der Waals surface area contributed by atoms with E-state index in [9.17, 15) is 25.2 Å². The number of hydrogen-bond donors (Lipinski definition) is 4. The molecule has 35 heavy (non-hydrogen) atoms. The predicted molar refractivity (Wildman–Crippen MR) is 134 cm³/mol. The Morgan fingerprint density at radius 3 is 1.54 bits per heavy atom. The molecule has 0 amide bonds. The lowest BCUT2D eigenvalue weighted by Crippen LogP contribution is -2.10. The summed E-state index contributed by atoms with van der Waals surface area (Å²) in [7, 11) is 0. The predicted octanol–water partition coefficient (Wildman–Crippen LogP) is 6.36. The quantitative estimate of drug-likeness (QED) is 0.164. The third-order valence-corrected chi connectivity index (χ3v) is 5.64. The molecule has 7 nitrogen and oxygen atoms in total. The monoisotopic (exact) mass is 480 g/mol. The standard InChI is InChI=1S/C28H32O7/c1-14(2)7-10-17-20(29)13-21(30)22-25(17)34-26-18(11-8-15(3)4)23(31)24(32)19(12-9-16(5)6)27(26)35-28(22)33/h7-9,13,29-32H,10-12H2,1-6H3. The molecule has 186 valence electrons. The van der Waals surface area contributed by atoms with Crippen LogP contribution in [0.4, 0.5) is 0 Å². The van der Waals surface area contributed by atoms with Crippen LogP contribution in [0.25, 0.3) is 0 Å². The summed E-state index contributed by atoms with van der Waals surface area (Å²) in [5.74, 6) is -2.47. The fourth-order valence-electron chi connectivity index (χ4n) is 3.71. The van der Waals surface area contributed by atoms with Gasteiger partial charge in [0.25, 0.3) is 0 Å². The van der Waals surface area contributed by atoms with E-state index >= 15 is 0 Å². The number of carbonyl (C=O) groups excluding carboxylic acids is 1. The SMILES string of the molecule is CC(C)=CCc1c(O)c(O)c(CC=C(C)C)c2c1OC(=O)c1c(O)cc(O)c(CC=C(C)C)c1O2. The summed E-state index contributed by atoms with van der Waals surface area (Å²) in [6.07, 6.45) is 6.10. The molecule has 0 fully saturated rings. The molecule has 0 aliphatic carbocycles. The zero-order chi connectivity index (χ0) is 26.0. The molecule has 0 bridgehead atoms. The van der Waals surface area contributed by atoms with E-state index in [4.69, 9.17) is 9.47 Å². The Labute approximate surface area is 205 Å². The van der Waals surface area contributed by atoms with Crippen LogP contribution in [0, 0.1) is 0 Å². The molecule has 3 rings (SSSR count). The van der Waals surface area contributed by atoms with E-state index in [1.54, 1.807) is 0 Å². The topological polar surface area (TPSA) is 116 Å². The van der Waals surface area contributed by atoms with Crippen LogP contribution in [0.2, 0.25) is 0 Å². The highest BCUT2D eigenvalue weighted by Gasteiger charge is 2.35. The minimum atomic E-state index is -0.897. The second-order valence-corrected chi connectivity index (χ2v) is 9.36. The van der Waals surface area contributed by atoms with Crippen molar-refractivity contribution < 1.29 is 34.7 Å². The van der Waals surface area contributed by atoms with Crippen molar-refractivity contribution in [3.63, 3.8) is 0 Å². The maximum atomic E-state index is 13.2. The zero-order valence-electron chi connectivity index (χ0n) is 20.9. The van der Waals surface area contributed by atoms with E-state index in [0.717, 1.165) is 22.8 Å². The van der Waals surface area contributed by atoms with Gasteiger partial charge < -0.3 is 29.9 Å². The van der Waals surface area contributed by atoms with Crippen LogP contribution in [0.5, 0.6) is 40.2 Å². The van der Waals surface area contributed by atoms with Crippen molar-refractivity contribution in [2.75, 3.05) is 0 Å². The molecule has 4 N–H and O–H groups in total. The number of aromatic hydroxyl groups is 4. The van der Waals surface area contributed by atoms with Crippen LogP contribution in [0.3, 0.4) is 0 Å². The minimum Gasteiger partial charge on any atom is -0.507 e. The summed E-state index contributed by atoms with van der Waals surface area (Å²) in [5.41, 5.74) is 3.36. The number of allylic oxidation sites excluding steroid dienone is 6. The van der Waals surface area contributed by atoms with Gasteiger partial charge in [-0.15, -0.1) is 0 Å². The number of benzene rings is 2. The number of ether oxygens (including phenoxy) is 2. The lowest BCUT2D eigenvalue weighted by atomic mass is 9.99. The maximum Gasteiger partial charge on any atom is 0.351 e. The molecular weight excluding hydrogens is 448 g/mol. The van der Waals surface area contributed by atoms with Gasteiger partial charge in [0, 0.05) is 22.8 Å². The molecule has 2 aromatic carbocycles. The zero-order valence-corrected chi connectivity index (χ0v) is 20.9. The lowest BCUT2D eigenvalue weighted by molar-refractivity contribution is 0.0732. The molecule has 1 aliphatic rings. The number of carbonyl (C=O) groups is 1. The summed E-state index contributed by atoms with van der Waals surface area (Å²) < 4.78 is 11.9. The number of phenols is 4. The van der Waals surface area contributed by atoms with Gasteiger partial charge in [-0.25, -0.2) is 4.79 Å². The molecule has 0 saturated heterocycles. The van der Waals surface area contributed by atoms with E-state index in [0.29, 0.717) is 0 Å². The van der Waals surface area contributed by atoms with E-state index in [1.807, 2.05) is 59.8 Å². The van der Waals surface area contributed by atoms with Crippen LogP contribution in [-0.4, -0.2) is 26.4 Å². The fraction of sp³-hybridized carbons (Fsp3) is 0.321. The van der Waals surface area contributed by atoms with Crippen molar-refractivity contribution in [2.24, 2.45) is 0 Å². The number of fused-ring (bicyclic) bond motifs is 2. The fourth-order valence-corrected chi connectivity index (χ4v) is 3.71. The number of phenolic OH excluding ortho intramolecular Hbond substituents is 4. The molecule has 0 spiro atoms. The highest BCUT2D eigenvalue weighted by molar-refractivity contribution is 5.99. The van der Waals surface area contributed by atoms with Crippen molar-refractivity contribution in [2.45, 2.75) is 60.8 Å². The van der Waals surface area contributed by atoms with Crippen molar-refractivity contribution in [1.82, 2.24) is 0 Å². The first-order valence-electron chi connectivity index (χ1n) is 11.4. The van der Waals surface area contributed by atoms with Crippen molar-refractivity contribution >= 4 is 5.97 Å². The third kappa shape index (κ3) is 5.29. The van der Waals surface area contributed by atoms with Gasteiger partial charge in [-0.3, -0.25) is 0 Å². The second kappa shape index (κ2) is 10.2. The van der Waals surface area contributed by atoms with Crippen molar-refractivity contribution in [1.29, 1.82) is 0 Å². The lowest BCUT2D eigenvalue weighted by Gasteiger charge is -2.19. The molecule has 2 aromatic rings. The van der Waals surface area contributed by atoms with Gasteiger partial charge in [0.2, 0.25) is 0 Å². The molecule has 0 unspecified atom stereocenters. The van der Waals surface area contributed by atoms with Crippen LogP contribution in [0.15, 0.2) is 41.0 Å². The average Bonchev–Trinajstić information content (AvgIpc) is 2.89. The van der Waals surface area contributed by atoms with Crippen LogP contribution in [0.1, 0.15) is 68.6 Å². The largest absolute Gasteiger partial charge is 0.507 e. The summed E-state index contributed by atoms with van der Waals surface area (Å²) in [6, 6.07) is 1.08. The second-order valence-electron chi connectivity index (χ2n) is 9.36. The molecule has 0 radical (unpaired) electrons. The normalized spacial score (nSPS) is 11.9. The Kier molecular flexibility index (Phi) is 7.48. The van der Waals surface area contributed by atoms with E-state index in [1.165, 1.54) is 0 Å². The Morgan fingerprint density at radius 1 is 0.657 bits per heavy atom. The van der Waals surface area contributed by atoms with Gasteiger partial charge in [-0.05, 0) is 60.8 Å². The highest BCUT2D eigenvalue weighted by Crippen LogP contribution is 2.54. The molecule has 7 heteroatoms. The first-order chi connectivity index (χ1) is 16.4. The first kappa shape index (κ1) is 25.7. The Morgan fingerprint density at radius 2 is 1.09 bits per heavy atom. The summed E-state index contributed by atoms with van der Waals surface area (Å²) >= 11 is 0. The average molecular weight is 481 g/mol. The smallest absolute Gasteiger partial charge is 0.351 e. The summed E-state index contributed by atoms with van der Waals surface area (Å²) in [5, 5.41) is 42.9. The van der Waals surface area contributed by atoms with Gasteiger partial charge in [0.15, 0.2) is 28.7 Å². The number of hydrogen-bond acceptors (Lipinski definition) is 7. The molecular formula is C28H32O7. The van der Waals surface area contributed by atoms with E-state index in [-0.39, 0.29) is 70.3 Å². The maximum absolute atomic E-state index is 13.2. The molecule has 1 aliphatic heterocycles. The third-order valence-electron chi connectivity index (χ3n) is 5.64. The molecule has 0 atom stereocenters. The Balaban J connectivity index is 2.38. The van der Waals surface area contributed by atoms with Crippen molar-refractivity contribution in [3.05, 3.63) is 63.3 Å². The highest BCUT2D eigenvalue weighted by atomic mass is 16.6. The number of rotatable bonds is 6. The molecule has 0 saturated carbocycles. The summed E-state index contributed by atoms with van der Waals surface area (Å²) in [6.45, 7) is 11.3. The van der Waals surface area contributed by atoms with Gasteiger partial charge in [-0.1, -0.05) is 34.9 Å². The first-order valence-corrected chi connectivity index (χ1v) is 11.4. The molecule has 1 heterocycles. The van der Waals surface area contributed by atoms with Gasteiger partial charge in [-0.2, -0.15) is 0 Å². The molecule has 0 aromatic heterocycles. The number of esters is 1. The van der Waals surface area contributed by atoms with Crippen LogP contribution in [-0.2, 0) is 19.3 Å². The minimum absolute atomic E-state index is 0.0387. The van der Waals surface area contributed by atoms with Gasteiger partial charge >= 0.3 is 5.97 Å².